The Hall–Kier alpha value is -1.75. The summed E-state index contributed by atoms with van der Waals surface area (Å²) in [6, 6.07) is 5.65. The molecule has 0 aromatic heterocycles. The maximum Gasteiger partial charge on any atom is 0.412 e. The van der Waals surface area contributed by atoms with Crippen molar-refractivity contribution in [3.05, 3.63) is 23.8 Å². The highest BCUT2D eigenvalue weighted by molar-refractivity contribution is 5.86. The lowest BCUT2D eigenvalue weighted by Gasteiger charge is -2.20. The van der Waals surface area contributed by atoms with Crippen LogP contribution >= 0.6 is 0 Å². The largest absolute Gasteiger partial charge is 0.489 e. The summed E-state index contributed by atoms with van der Waals surface area (Å²) in [6.45, 7) is 9.34. The Morgan fingerprint density at radius 1 is 1.38 bits per heavy atom. The van der Waals surface area contributed by atoms with Gasteiger partial charge in [0.2, 0.25) is 0 Å². The molecule has 1 amide bonds. The standard InChI is InChI=1S/C16H24N2O3/c1-11-9-12(20-13-7-8-17-10-13)5-6-14(11)18-15(19)21-16(2,3)4/h5-6,9,13,17H,7-8,10H2,1-4H3,(H,18,19). The second kappa shape index (κ2) is 6.35. The van der Waals surface area contributed by atoms with Crippen molar-refractivity contribution >= 4 is 11.8 Å². The summed E-state index contributed by atoms with van der Waals surface area (Å²) in [7, 11) is 0. The van der Waals surface area contributed by atoms with Crippen LogP contribution in [0.3, 0.4) is 0 Å². The highest BCUT2D eigenvalue weighted by Gasteiger charge is 2.18. The maximum atomic E-state index is 11.8. The number of ether oxygens (including phenoxy) is 2. The first-order valence-corrected chi connectivity index (χ1v) is 7.31. The van der Waals surface area contributed by atoms with Crippen LogP contribution in [0.1, 0.15) is 32.8 Å². The summed E-state index contributed by atoms with van der Waals surface area (Å²) in [6.07, 6.45) is 0.810. The molecule has 116 valence electrons. The van der Waals surface area contributed by atoms with Crippen LogP contribution < -0.4 is 15.4 Å². The highest BCUT2D eigenvalue weighted by atomic mass is 16.6. The summed E-state index contributed by atoms with van der Waals surface area (Å²) in [5.41, 5.74) is 1.18. The van der Waals surface area contributed by atoms with E-state index in [2.05, 4.69) is 10.6 Å². The highest BCUT2D eigenvalue weighted by Crippen LogP contribution is 2.23. The molecule has 1 atom stereocenters. The van der Waals surface area contributed by atoms with Gasteiger partial charge >= 0.3 is 6.09 Å². The zero-order valence-electron chi connectivity index (χ0n) is 13.2. The van der Waals surface area contributed by atoms with E-state index in [1.807, 2.05) is 45.9 Å². The average Bonchev–Trinajstić information content (AvgIpc) is 2.83. The topological polar surface area (TPSA) is 59.6 Å². The number of nitrogens with one attached hydrogen (secondary N) is 2. The molecule has 1 aromatic rings. The molecule has 1 saturated heterocycles. The number of benzene rings is 1. The number of hydrogen-bond donors (Lipinski definition) is 2. The number of carbonyl (C=O) groups excluding carboxylic acids is 1. The van der Waals surface area contributed by atoms with E-state index in [9.17, 15) is 4.79 Å². The fraction of sp³-hybridized carbons (Fsp3) is 0.562. The summed E-state index contributed by atoms with van der Waals surface area (Å²) >= 11 is 0. The molecule has 0 radical (unpaired) electrons. The van der Waals surface area contributed by atoms with Crippen LogP contribution in [0.4, 0.5) is 10.5 Å². The minimum Gasteiger partial charge on any atom is -0.489 e. The molecule has 0 bridgehead atoms. The second-order valence-corrected chi connectivity index (χ2v) is 6.34. The van der Waals surface area contributed by atoms with Crippen LogP contribution in [0.2, 0.25) is 0 Å². The fourth-order valence-electron chi connectivity index (χ4n) is 2.18. The molecule has 1 aromatic carbocycles. The molecule has 1 aliphatic heterocycles. The number of hydrogen-bond acceptors (Lipinski definition) is 4. The molecule has 5 heteroatoms. The molecule has 0 aliphatic carbocycles. The van der Waals surface area contributed by atoms with E-state index in [1.165, 1.54) is 0 Å². The van der Waals surface area contributed by atoms with Crippen molar-refractivity contribution in [3.63, 3.8) is 0 Å². The number of anilines is 1. The lowest BCUT2D eigenvalue weighted by Crippen LogP contribution is -2.27. The van der Waals surface area contributed by atoms with Crippen molar-refractivity contribution in [2.75, 3.05) is 18.4 Å². The molecule has 0 spiro atoms. The van der Waals surface area contributed by atoms with Gasteiger partial charge in [-0.3, -0.25) is 5.32 Å². The third-order valence-electron chi connectivity index (χ3n) is 3.15. The quantitative estimate of drug-likeness (QED) is 0.899. The van der Waals surface area contributed by atoms with E-state index in [-0.39, 0.29) is 6.10 Å². The van der Waals surface area contributed by atoms with Crippen LogP contribution in [0.15, 0.2) is 18.2 Å². The summed E-state index contributed by atoms with van der Waals surface area (Å²) in [5, 5.41) is 6.03. The van der Waals surface area contributed by atoms with E-state index < -0.39 is 11.7 Å². The van der Waals surface area contributed by atoms with E-state index in [4.69, 9.17) is 9.47 Å². The SMILES string of the molecule is Cc1cc(OC2CCNC2)ccc1NC(=O)OC(C)(C)C. The predicted molar refractivity (Wildman–Crippen MR) is 82.9 cm³/mol. The molecule has 1 fully saturated rings. The Labute approximate surface area is 126 Å². The number of aryl methyl sites for hydroxylation is 1. The molecule has 2 rings (SSSR count). The van der Waals surface area contributed by atoms with Crippen molar-refractivity contribution in [2.45, 2.75) is 45.8 Å². The predicted octanol–water partition coefficient (Wildman–Crippen LogP) is 3.08. The van der Waals surface area contributed by atoms with Gasteiger partial charge in [-0.05, 0) is 64.4 Å². The Kier molecular flexibility index (Phi) is 4.73. The Morgan fingerprint density at radius 3 is 2.71 bits per heavy atom. The van der Waals surface area contributed by atoms with Gasteiger partial charge in [0.25, 0.3) is 0 Å². The molecular formula is C16H24N2O3. The zero-order chi connectivity index (χ0) is 15.5. The third-order valence-corrected chi connectivity index (χ3v) is 3.15. The van der Waals surface area contributed by atoms with Crippen molar-refractivity contribution in [3.8, 4) is 5.75 Å². The van der Waals surface area contributed by atoms with Gasteiger partial charge in [0.1, 0.15) is 17.5 Å². The normalized spacial score (nSPS) is 18.4. The van der Waals surface area contributed by atoms with Gasteiger partial charge in [-0.25, -0.2) is 4.79 Å². The molecular weight excluding hydrogens is 268 g/mol. The van der Waals surface area contributed by atoms with Crippen LogP contribution in [-0.2, 0) is 4.74 Å². The monoisotopic (exact) mass is 292 g/mol. The first kappa shape index (κ1) is 15.6. The first-order chi connectivity index (χ1) is 9.83. The van der Waals surface area contributed by atoms with Crippen molar-refractivity contribution in [2.24, 2.45) is 0 Å². The van der Waals surface area contributed by atoms with Crippen molar-refractivity contribution in [1.82, 2.24) is 5.32 Å². The number of amides is 1. The summed E-state index contributed by atoms with van der Waals surface area (Å²) < 4.78 is 11.1. The summed E-state index contributed by atoms with van der Waals surface area (Å²) in [5.74, 6) is 0.830. The Bertz CT molecular complexity index is 503. The van der Waals surface area contributed by atoms with Gasteiger partial charge < -0.3 is 14.8 Å². The van der Waals surface area contributed by atoms with Gasteiger partial charge in [-0.2, -0.15) is 0 Å². The van der Waals surface area contributed by atoms with Gasteiger partial charge in [0.15, 0.2) is 0 Å². The van der Waals surface area contributed by atoms with Gasteiger partial charge in [0.05, 0.1) is 0 Å². The fourth-order valence-corrected chi connectivity index (χ4v) is 2.18. The number of carbonyl (C=O) groups is 1. The number of rotatable bonds is 3. The molecule has 5 nitrogen and oxygen atoms in total. The molecule has 1 unspecified atom stereocenters. The first-order valence-electron chi connectivity index (χ1n) is 7.31. The van der Waals surface area contributed by atoms with E-state index in [1.54, 1.807) is 0 Å². The molecule has 1 heterocycles. The zero-order valence-corrected chi connectivity index (χ0v) is 13.2. The molecule has 21 heavy (non-hydrogen) atoms. The second-order valence-electron chi connectivity index (χ2n) is 6.34. The smallest absolute Gasteiger partial charge is 0.412 e. The summed E-state index contributed by atoms with van der Waals surface area (Å²) in [4.78, 5) is 11.8. The molecule has 1 aliphatic rings. The van der Waals surface area contributed by atoms with Crippen LogP contribution in [0.25, 0.3) is 0 Å². The van der Waals surface area contributed by atoms with E-state index in [0.717, 1.165) is 36.5 Å². The Balaban J connectivity index is 1.96. The average molecular weight is 292 g/mol. The van der Waals surface area contributed by atoms with Crippen LogP contribution in [0.5, 0.6) is 5.75 Å². The maximum absolute atomic E-state index is 11.8. The van der Waals surface area contributed by atoms with Gasteiger partial charge in [-0.1, -0.05) is 0 Å². The van der Waals surface area contributed by atoms with Gasteiger partial charge in [0, 0.05) is 12.2 Å². The minimum absolute atomic E-state index is 0.231. The Morgan fingerprint density at radius 2 is 2.14 bits per heavy atom. The van der Waals surface area contributed by atoms with Crippen LogP contribution in [-0.4, -0.2) is 30.9 Å². The van der Waals surface area contributed by atoms with E-state index in [0.29, 0.717) is 0 Å². The van der Waals surface area contributed by atoms with Crippen LogP contribution in [0, 0.1) is 6.92 Å². The lowest BCUT2D eigenvalue weighted by atomic mass is 10.2. The lowest BCUT2D eigenvalue weighted by molar-refractivity contribution is 0.0635. The molecule has 2 N–H and O–H groups in total. The van der Waals surface area contributed by atoms with Crippen molar-refractivity contribution < 1.29 is 14.3 Å². The van der Waals surface area contributed by atoms with E-state index >= 15 is 0 Å². The minimum atomic E-state index is -0.503. The van der Waals surface area contributed by atoms with Crippen molar-refractivity contribution in [1.29, 1.82) is 0 Å². The molecule has 0 saturated carbocycles. The third kappa shape index (κ3) is 4.93. The van der Waals surface area contributed by atoms with Gasteiger partial charge in [-0.15, -0.1) is 0 Å².